The number of benzene rings is 1. The smallest absolute Gasteiger partial charge is 0.409 e. The van der Waals surface area contributed by atoms with Crippen molar-refractivity contribution in [1.82, 2.24) is 4.90 Å². The Morgan fingerprint density at radius 1 is 1.39 bits per heavy atom. The largest absolute Gasteiger partial charge is 0.445 e. The molecule has 1 aliphatic carbocycles. The lowest BCUT2D eigenvalue weighted by atomic mass is 10.1. The van der Waals surface area contributed by atoms with E-state index in [1.54, 1.807) is 11.9 Å². The highest BCUT2D eigenvalue weighted by atomic mass is 16.6. The predicted molar refractivity (Wildman–Crippen MR) is 68.0 cm³/mol. The number of nitrogens with zero attached hydrogens (tertiary/aromatic N) is 1. The average Bonchev–Trinajstić information content (AvgIpc) is 3.17. The van der Waals surface area contributed by atoms with Crippen molar-refractivity contribution in [3.8, 4) is 0 Å². The predicted octanol–water partition coefficient (Wildman–Crippen LogP) is 2.03. The molecule has 1 aromatic carbocycles. The summed E-state index contributed by atoms with van der Waals surface area (Å²) in [5, 5.41) is 9.22. The summed E-state index contributed by atoms with van der Waals surface area (Å²) in [5.74, 6) is 0. The highest BCUT2D eigenvalue weighted by Crippen LogP contribution is 2.45. The van der Waals surface area contributed by atoms with Crippen molar-refractivity contribution in [3.05, 3.63) is 35.9 Å². The second-order valence-corrected chi connectivity index (χ2v) is 5.05. The topological polar surface area (TPSA) is 49.8 Å². The first-order valence-electron chi connectivity index (χ1n) is 6.18. The normalized spacial score (nSPS) is 16.1. The fraction of sp³-hybridized carbons (Fsp3) is 0.500. The number of ether oxygens (including phenoxy) is 1. The summed E-state index contributed by atoms with van der Waals surface area (Å²) < 4.78 is 5.21. The molecule has 0 saturated heterocycles. The van der Waals surface area contributed by atoms with Crippen LogP contribution in [0.15, 0.2) is 30.3 Å². The Bertz CT molecular complexity index is 401. The summed E-state index contributed by atoms with van der Waals surface area (Å²) in [6.45, 7) is 0.997. The number of carbonyl (C=O) groups is 1. The number of hydrogen-bond acceptors (Lipinski definition) is 3. The van der Waals surface area contributed by atoms with Crippen molar-refractivity contribution >= 4 is 6.09 Å². The van der Waals surface area contributed by atoms with E-state index < -0.39 is 0 Å². The zero-order chi connectivity index (χ0) is 13.0. The van der Waals surface area contributed by atoms with Crippen molar-refractivity contribution in [2.24, 2.45) is 5.41 Å². The van der Waals surface area contributed by atoms with Gasteiger partial charge in [0, 0.05) is 19.0 Å². The zero-order valence-corrected chi connectivity index (χ0v) is 10.6. The maximum Gasteiger partial charge on any atom is 0.409 e. The van der Waals surface area contributed by atoms with Crippen LogP contribution < -0.4 is 0 Å². The van der Waals surface area contributed by atoms with E-state index in [0.717, 1.165) is 18.4 Å². The number of carbonyl (C=O) groups excluding carboxylic acids is 1. The minimum Gasteiger partial charge on any atom is -0.445 e. The van der Waals surface area contributed by atoms with Gasteiger partial charge in [-0.3, -0.25) is 0 Å². The van der Waals surface area contributed by atoms with E-state index in [9.17, 15) is 9.90 Å². The summed E-state index contributed by atoms with van der Waals surface area (Å²) in [4.78, 5) is 13.3. The fourth-order valence-corrected chi connectivity index (χ4v) is 1.94. The second kappa shape index (κ2) is 5.40. The lowest BCUT2D eigenvalue weighted by Gasteiger charge is -2.21. The van der Waals surface area contributed by atoms with Crippen LogP contribution in [0, 0.1) is 5.41 Å². The molecule has 98 valence electrons. The van der Waals surface area contributed by atoms with Gasteiger partial charge in [-0.15, -0.1) is 0 Å². The first-order chi connectivity index (χ1) is 8.65. The van der Waals surface area contributed by atoms with Gasteiger partial charge in [-0.1, -0.05) is 30.3 Å². The zero-order valence-electron chi connectivity index (χ0n) is 10.6. The van der Waals surface area contributed by atoms with E-state index >= 15 is 0 Å². The molecule has 4 heteroatoms. The lowest BCUT2D eigenvalue weighted by Crippen LogP contribution is -2.34. The molecule has 1 aromatic rings. The summed E-state index contributed by atoms with van der Waals surface area (Å²) in [6.07, 6.45) is 1.64. The Balaban J connectivity index is 1.77. The number of rotatable bonds is 5. The van der Waals surface area contributed by atoms with Crippen LogP contribution in [0.4, 0.5) is 4.79 Å². The summed E-state index contributed by atoms with van der Waals surface area (Å²) in [6, 6.07) is 9.60. The van der Waals surface area contributed by atoms with Crippen molar-refractivity contribution in [2.45, 2.75) is 19.4 Å². The Hall–Kier alpha value is -1.55. The van der Waals surface area contributed by atoms with Crippen molar-refractivity contribution < 1.29 is 14.6 Å². The van der Waals surface area contributed by atoms with E-state index in [2.05, 4.69) is 0 Å². The first-order valence-corrected chi connectivity index (χ1v) is 6.18. The molecule has 1 fully saturated rings. The van der Waals surface area contributed by atoms with E-state index in [1.165, 1.54) is 0 Å². The van der Waals surface area contributed by atoms with Crippen molar-refractivity contribution in [3.63, 3.8) is 0 Å². The monoisotopic (exact) mass is 249 g/mol. The van der Waals surface area contributed by atoms with Crippen molar-refractivity contribution in [1.29, 1.82) is 0 Å². The highest BCUT2D eigenvalue weighted by Gasteiger charge is 2.43. The molecule has 0 bridgehead atoms. The molecule has 4 nitrogen and oxygen atoms in total. The fourth-order valence-electron chi connectivity index (χ4n) is 1.94. The van der Waals surface area contributed by atoms with Gasteiger partial charge in [0.15, 0.2) is 0 Å². The van der Waals surface area contributed by atoms with E-state index in [4.69, 9.17) is 4.74 Å². The molecule has 18 heavy (non-hydrogen) atoms. The Labute approximate surface area is 107 Å². The Kier molecular flexibility index (Phi) is 3.87. The van der Waals surface area contributed by atoms with Crippen LogP contribution in [0.1, 0.15) is 18.4 Å². The molecule has 0 unspecified atom stereocenters. The quantitative estimate of drug-likeness (QED) is 0.868. The van der Waals surface area contributed by atoms with Crippen LogP contribution in [0.2, 0.25) is 0 Å². The molecule has 0 heterocycles. The van der Waals surface area contributed by atoms with E-state index in [1.807, 2.05) is 30.3 Å². The molecule has 0 radical (unpaired) electrons. The van der Waals surface area contributed by atoms with Gasteiger partial charge in [0.05, 0.1) is 6.61 Å². The van der Waals surface area contributed by atoms with Gasteiger partial charge >= 0.3 is 6.09 Å². The molecule has 1 aliphatic rings. The molecule has 2 rings (SSSR count). The SMILES string of the molecule is CN(CC1(CO)CC1)C(=O)OCc1ccccc1. The second-order valence-electron chi connectivity index (χ2n) is 5.05. The molecule has 1 N–H and O–H groups in total. The minimum absolute atomic E-state index is 0.0689. The van der Waals surface area contributed by atoms with Crippen molar-refractivity contribution in [2.75, 3.05) is 20.2 Å². The van der Waals surface area contributed by atoms with Crippen LogP contribution in [0.5, 0.6) is 0 Å². The third-order valence-corrected chi connectivity index (χ3v) is 3.38. The molecule has 0 aromatic heterocycles. The number of amides is 1. The van der Waals surface area contributed by atoms with Gasteiger partial charge in [0.2, 0.25) is 0 Å². The van der Waals surface area contributed by atoms with E-state index in [0.29, 0.717) is 6.54 Å². The van der Waals surface area contributed by atoms with E-state index in [-0.39, 0.29) is 24.7 Å². The Morgan fingerprint density at radius 3 is 2.61 bits per heavy atom. The molecule has 1 amide bonds. The maximum absolute atomic E-state index is 11.8. The summed E-state index contributed by atoms with van der Waals surface area (Å²) in [5.41, 5.74) is 0.906. The molecular formula is C14H19NO3. The molecular weight excluding hydrogens is 230 g/mol. The number of hydrogen-bond donors (Lipinski definition) is 1. The van der Waals surface area contributed by atoms with Crippen LogP contribution >= 0.6 is 0 Å². The van der Waals surface area contributed by atoms with Gasteiger partial charge in [-0.2, -0.15) is 0 Å². The maximum atomic E-state index is 11.8. The van der Waals surface area contributed by atoms with Gasteiger partial charge in [0.1, 0.15) is 6.61 Å². The molecule has 0 aliphatic heterocycles. The minimum atomic E-state index is -0.335. The van der Waals surface area contributed by atoms with Crippen LogP contribution in [0.3, 0.4) is 0 Å². The lowest BCUT2D eigenvalue weighted by molar-refractivity contribution is 0.0899. The third kappa shape index (κ3) is 3.23. The number of aliphatic hydroxyl groups is 1. The summed E-state index contributed by atoms with van der Waals surface area (Å²) in [7, 11) is 1.71. The third-order valence-electron chi connectivity index (χ3n) is 3.38. The first kappa shape index (κ1) is 12.9. The van der Waals surface area contributed by atoms with Gasteiger partial charge < -0.3 is 14.7 Å². The van der Waals surface area contributed by atoms with Crippen LogP contribution in [-0.2, 0) is 11.3 Å². The van der Waals surface area contributed by atoms with Gasteiger partial charge in [0.25, 0.3) is 0 Å². The number of aliphatic hydroxyl groups excluding tert-OH is 1. The standard InChI is InChI=1S/C14H19NO3/c1-15(10-14(11-16)7-8-14)13(17)18-9-12-5-3-2-4-6-12/h2-6,16H,7-11H2,1H3. The van der Waals surface area contributed by atoms with Gasteiger partial charge in [-0.05, 0) is 18.4 Å². The average molecular weight is 249 g/mol. The molecule has 0 spiro atoms. The molecule has 0 atom stereocenters. The van der Waals surface area contributed by atoms with Gasteiger partial charge in [-0.25, -0.2) is 4.79 Å². The highest BCUT2D eigenvalue weighted by molar-refractivity contribution is 5.67. The van der Waals surface area contributed by atoms with Crippen LogP contribution in [0.25, 0.3) is 0 Å². The molecule has 1 saturated carbocycles. The van der Waals surface area contributed by atoms with Crippen LogP contribution in [-0.4, -0.2) is 36.3 Å². The summed E-state index contributed by atoms with van der Waals surface area (Å²) >= 11 is 0. The Morgan fingerprint density at radius 2 is 2.06 bits per heavy atom.